The number of rotatable bonds is 5. The molecule has 2 aromatic heterocycles. The van der Waals surface area contributed by atoms with Gasteiger partial charge in [0, 0.05) is 0 Å². The van der Waals surface area contributed by atoms with Crippen LogP contribution in [0.1, 0.15) is 12.8 Å². The molecule has 13 heteroatoms. The van der Waals surface area contributed by atoms with Gasteiger partial charge in [0.05, 0.1) is 12.8 Å². The van der Waals surface area contributed by atoms with Gasteiger partial charge in [-0.15, -0.1) is 0 Å². The summed E-state index contributed by atoms with van der Waals surface area (Å²) < 4.78 is 20.5. The maximum atomic E-state index is 10.3. The van der Waals surface area contributed by atoms with Crippen LogP contribution in [0.25, 0.3) is 0 Å². The molecular formula is C12H16BF2LiO7S2. The Morgan fingerprint density at radius 2 is 1.12 bits per heavy atom. The summed E-state index contributed by atoms with van der Waals surface area (Å²) in [6.45, 7) is 0. The second-order valence-electron chi connectivity index (χ2n) is 3.36. The summed E-state index contributed by atoms with van der Waals surface area (Å²) in [5, 5.41) is 31.4. The van der Waals surface area contributed by atoms with Crippen LogP contribution in [0.5, 0.6) is 0 Å². The fraction of sp³-hybridized carbons (Fsp3) is 0.167. The van der Waals surface area contributed by atoms with E-state index in [1.54, 1.807) is 22.7 Å². The summed E-state index contributed by atoms with van der Waals surface area (Å²) in [5.41, 5.74) is 0. The Morgan fingerprint density at radius 1 is 0.840 bits per heavy atom. The van der Waals surface area contributed by atoms with Crippen molar-refractivity contribution in [2.75, 3.05) is 0 Å². The van der Waals surface area contributed by atoms with Crippen molar-refractivity contribution in [2.45, 2.75) is 12.8 Å². The zero-order valence-electron chi connectivity index (χ0n) is 12.2. The molecule has 0 spiro atoms. The number of halogens is 2. The molecule has 7 nitrogen and oxygen atoms in total. The largest absolute Gasteiger partial charge is 0.152 e. The van der Waals surface area contributed by atoms with Crippen LogP contribution >= 0.6 is 22.7 Å². The Balaban J connectivity index is -0.000000258. The van der Waals surface area contributed by atoms with Gasteiger partial charge in [0.15, 0.2) is 0 Å². The molecule has 0 aliphatic rings. The molecule has 136 valence electrons. The zero-order chi connectivity index (χ0) is 18.6. The molecule has 0 aliphatic carbocycles. The molecule has 0 radical (unpaired) electrons. The second-order valence-corrected chi connectivity index (χ2v) is 4.99. The van der Waals surface area contributed by atoms with E-state index in [0.29, 0.717) is 0 Å². The molecule has 0 aromatic carbocycles. The van der Waals surface area contributed by atoms with Gasteiger partial charge in [0.2, 0.25) is 0 Å². The SMILES string of the molecule is O=C(O)CCC(=O)O.OB(OF)OF.[LiH].c1ccsc1.c1ccsc1. The maximum Gasteiger partial charge on any atom is -0.00934 e. The van der Waals surface area contributed by atoms with Crippen LogP contribution in [0, 0.1) is 0 Å². The number of thiophene rings is 2. The molecule has 2 aromatic rings. The van der Waals surface area contributed by atoms with Gasteiger partial charge in [-0.1, -0.05) is 33.3 Å². The average molecular weight is 392 g/mol. The van der Waals surface area contributed by atoms with E-state index in [2.05, 4.69) is 9.72 Å². The second kappa shape index (κ2) is 22.7. The van der Waals surface area contributed by atoms with Gasteiger partial charge >= 0.3 is 38.1 Å². The Morgan fingerprint density at radius 3 is 1.20 bits per heavy atom. The summed E-state index contributed by atoms with van der Waals surface area (Å²) in [6.07, 6.45) is -0.593. The molecule has 0 bridgehead atoms. The van der Waals surface area contributed by atoms with Gasteiger partial charge < -0.3 is 15.2 Å². The van der Waals surface area contributed by atoms with E-state index in [4.69, 9.17) is 15.2 Å². The van der Waals surface area contributed by atoms with Crippen molar-refractivity contribution in [1.82, 2.24) is 0 Å². The van der Waals surface area contributed by atoms with Gasteiger partial charge in [-0.25, -0.2) is 0 Å². The molecule has 2 rings (SSSR count). The zero-order valence-corrected chi connectivity index (χ0v) is 13.8. The first-order valence-corrected chi connectivity index (χ1v) is 7.93. The van der Waals surface area contributed by atoms with E-state index in [-0.39, 0.29) is 31.7 Å². The van der Waals surface area contributed by atoms with Gasteiger partial charge in [-0.2, -0.15) is 32.4 Å². The van der Waals surface area contributed by atoms with Gasteiger partial charge in [0.25, 0.3) is 0 Å². The van der Waals surface area contributed by atoms with Crippen LogP contribution in [0.3, 0.4) is 0 Å². The maximum absolute atomic E-state index is 10.3. The topological polar surface area (TPSA) is 113 Å². The first-order valence-electron chi connectivity index (χ1n) is 6.04. The fourth-order valence-corrected chi connectivity index (χ4v) is 1.59. The van der Waals surface area contributed by atoms with E-state index >= 15 is 0 Å². The predicted molar refractivity (Wildman–Crippen MR) is 92.7 cm³/mol. The number of carboxylic acids is 2. The van der Waals surface area contributed by atoms with Crippen LogP contribution in [0.4, 0.5) is 9.05 Å². The standard InChI is InChI=1S/C4H6O4.2C4H4S.BF2HO3.Li.H/c5-3(6)1-2-4(7)8;2*1-2-4-5-3-1;2-5-1(4)6-3;;/h1-2H2,(H,5,6)(H,7,8);2*1-4H;4H;;. The number of carbonyl (C=O) groups is 2. The van der Waals surface area contributed by atoms with Gasteiger partial charge in [-0.3, -0.25) is 9.59 Å². The molecule has 3 N–H and O–H groups in total. The fourth-order valence-electron chi connectivity index (χ4n) is 0.681. The van der Waals surface area contributed by atoms with Crippen molar-refractivity contribution >= 4 is 60.8 Å². The third-order valence-corrected chi connectivity index (χ3v) is 2.81. The number of hydrogen-bond donors (Lipinski definition) is 3. The minimum atomic E-state index is -2.40. The van der Waals surface area contributed by atoms with Crippen LogP contribution < -0.4 is 0 Å². The van der Waals surface area contributed by atoms with Crippen molar-refractivity contribution in [3.8, 4) is 0 Å². The quantitative estimate of drug-likeness (QED) is 0.671. The molecule has 0 saturated carbocycles. The van der Waals surface area contributed by atoms with E-state index in [0.717, 1.165) is 0 Å². The minimum absolute atomic E-state index is 0. The predicted octanol–water partition coefficient (Wildman–Crippen LogP) is 2.55. The van der Waals surface area contributed by atoms with Crippen molar-refractivity contribution in [1.29, 1.82) is 0 Å². The Labute approximate surface area is 163 Å². The number of carboxylic acid groups (broad SMARTS) is 2. The molecule has 0 fully saturated rings. The molecule has 2 heterocycles. The third kappa shape index (κ3) is 31.1. The van der Waals surface area contributed by atoms with Crippen molar-refractivity contribution in [3.05, 3.63) is 45.8 Å². The third-order valence-electron chi connectivity index (χ3n) is 1.56. The van der Waals surface area contributed by atoms with E-state index < -0.39 is 19.3 Å². The van der Waals surface area contributed by atoms with Crippen molar-refractivity contribution in [3.63, 3.8) is 0 Å². The Bertz CT molecular complexity index is 413. The molecular weight excluding hydrogens is 376 g/mol. The summed E-state index contributed by atoms with van der Waals surface area (Å²) in [6, 6.07) is 8.07. The molecule has 0 amide bonds. The summed E-state index contributed by atoms with van der Waals surface area (Å²) in [5.74, 6) is -2.15. The molecule has 0 saturated heterocycles. The number of aliphatic carboxylic acids is 2. The smallest absolute Gasteiger partial charge is 0.00934 e. The van der Waals surface area contributed by atoms with Crippen LogP contribution in [-0.4, -0.2) is 53.4 Å². The van der Waals surface area contributed by atoms with E-state index in [9.17, 15) is 18.6 Å². The Kier molecular flexibility index (Phi) is 26.0. The number of hydrogen-bond acceptors (Lipinski definition) is 7. The summed E-state index contributed by atoms with van der Waals surface area (Å²) in [7, 11) is -2.40. The average Bonchev–Trinajstić information content (AvgIpc) is 3.30. The molecule has 0 atom stereocenters. The molecule has 0 unspecified atom stereocenters. The summed E-state index contributed by atoms with van der Waals surface area (Å²) >= 11 is 3.43. The van der Waals surface area contributed by atoms with Gasteiger partial charge in [0.1, 0.15) is 0 Å². The Hall–Kier alpha value is -1.26. The van der Waals surface area contributed by atoms with Gasteiger partial charge in [-0.05, 0) is 21.5 Å². The monoisotopic (exact) mass is 392 g/mol. The minimum Gasteiger partial charge on any atom is -0.152 e. The normalized spacial score (nSPS) is 7.96. The molecule has 0 aliphatic heterocycles. The molecule has 25 heavy (non-hydrogen) atoms. The van der Waals surface area contributed by atoms with E-state index in [1.165, 1.54) is 0 Å². The van der Waals surface area contributed by atoms with Crippen LogP contribution in [0.2, 0.25) is 0 Å². The van der Waals surface area contributed by atoms with Crippen molar-refractivity contribution < 1.29 is 43.6 Å². The van der Waals surface area contributed by atoms with Crippen LogP contribution in [-0.2, 0) is 19.3 Å². The summed E-state index contributed by atoms with van der Waals surface area (Å²) in [4.78, 5) is 24.0. The first kappa shape index (κ1) is 28.5. The van der Waals surface area contributed by atoms with Crippen LogP contribution in [0.15, 0.2) is 45.8 Å². The first-order chi connectivity index (χ1) is 11.4. The van der Waals surface area contributed by atoms with E-state index in [1.807, 2.05) is 45.8 Å². The van der Waals surface area contributed by atoms with Crippen molar-refractivity contribution in [2.24, 2.45) is 0 Å².